The first-order valence-electron chi connectivity index (χ1n) is 14.9. The highest BCUT2D eigenvalue weighted by Gasteiger charge is 2.23. The van der Waals surface area contributed by atoms with Crippen LogP contribution in [0.15, 0.2) is 91.5 Å². The van der Waals surface area contributed by atoms with E-state index in [-0.39, 0.29) is 5.92 Å². The molecule has 0 saturated heterocycles. The molecule has 0 amide bonds. The number of pyridine rings is 2. The summed E-state index contributed by atoms with van der Waals surface area (Å²) in [6, 6.07) is 21.9. The van der Waals surface area contributed by atoms with Gasteiger partial charge in [0, 0.05) is 52.4 Å². The van der Waals surface area contributed by atoms with Crippen molar-refractivity contribution in [1.82, 2.24) is 39.3 Å². The maximum Gasteiger partial charge on any atom is 0.181 e. The monoisotopic (exact) mass is 582 g/mol. The molecule has 0 aliphatic rings. The Bertz CT molecular complexity index is 2090. The highest BCUT2D eigenvalue weighted by atomic mass is 16.3. The van der Waals surface area contributed by atoms with Crippen LogP contribution in [-0.4, -0.2) is 44.4 Å². The predicted molar refractivity (Wildman–Crippen MR) is 172 cm³/mol. The van der Waals surface area contributed by atoms with Crippen LogP contribution in [-0.2, 0) is 13.1 Å². The van der Waals surface area contributed by atoms with Crippen molar-refractivity contribution in [3.05, 3.63) is 120 Å². The summed E-state index contributed by atoms with van der Waals surface area (Å²) in [7, 11) is 0. The van der Waals surface area contributed by atoms with Crippen LogP contribution in [0.3, 0.4) is 0 Å². The lowest BCUT2D eigenvalue weighted by Crippen LogP contribution is -2.08. The van der Waals surface area contributed by atoms with Crippen molar-refractivity contribution in [3.8, 4) is 16.9 Å². The Morgan fingerprint density at radius 2 is 1.70 bits per heavy atom. The Kier molecular flexibility index (Phi) is 7.02. The second kappa shape index (κ2) is 11.2. The quantitative estimate of drug-likeness (QED) is 0.218. The molecule has 1 atom stereocenters. The van der Waals surface area contributed by atoms with E-state index in [2.05, 4.69) is 37.9 Å². The molecule has 0 radical (unpaired) electrons. The van der Waals surface area contributed by atoms with Gasteiger partial charge in [-0.15, -0.1) is 0 Å². The van der Waals surface area contributed by atoms with Gasteiger partial charge in [-0.3, -0.25) is 14.3 Å². The van der Waals surface area contributed by atoms with Crippen LogP contribution in [0.1, 0.15) is 53.9 Å². The number of hydrogen-bond acceptors (Lipinski definition) is 6. The Morgan fingerprint density at radius 3 is 2.48 bits per heavy atom. The molecule has 5 aromatic heterocycles. The molecule has 0 aliphatic carbocycles. The minimum atomic E-state index is -0.652. The summed E-state index contributed by atoms with van der Waals surface area (Å²) in [5, 5.41) is 27.6. The van der Waals surface area contributed by atoms with Gasteiger partial charge in [0.1, 0.15) is 0 Å². The highest BCUT2D eigenvalue weighted by Crippen LogP contribution is 2.37. The van der Waals surface area contributed by atoms with E-state index in [9.17, 15) is 5.11 Å². The van der Waals surface area contributed by atoms with Crippen molar-refractivity contribution >= 4 is 21.9 Å². The average Bonchev–Trinajstić information content (AvgIpc) is 3.71. The maximum atomic E-state index is 10.9. The number of rotatable bonds is 8. The first-order valence-corrected chi connectivity index (χ1v) is 14.9. The maximum absolute atomic E-state index is 10.9. The van der Waals surface area contributed by atoms with Gasteiger partial charge in [-0.1, -0.05) is 62.4 Å². The molecule has 0 saturated carbocycles. The van der Waals surface area contributed by atoms with Crippen LogP contribution in [0.25, 0.3) is 38.9 Å². The van der Waals surface area contributed by atoms with Crippen molar-refractivity contribution in [1.29, 1.82) is 0 Å². The van der Waals surface area contributed by atoms with Crippen LogP contribution in [0.4, 0.5) is 0 Å². The fraction of sp³-hybridized carbons (Fsp3) is 0.229. The number of benzene rings is 2. The fourth-order valence-electron chi connectivity index (χ4n) is 6.05. The third-order valence-corrected chi connectivity index (χ3v) is 8.14. The molecule has 2 aromatic carbocycles. The molecule has 0 spiro atoms. The number of fused-ring (bicyclic) bond motifs is 2. The van der Waals surface area contributed by atoms with E-state index >= 15 is 0 Å². The zero-order valence-corrected chi connectivity index (χ0v) is 25.3. The van der Waals surface area contributed by atoms with Gasteiger partial charge in [0.25, 0.3) is 0 Å². The minimum absolute atomic E-state index is 0.239. The lowest BCUT2D eigenvalue weighted by Gasteiger charge is -2.10. The first kappa shape index (κ1) is 27.7. The summed E-state index contributed by atoms with van der Waals surface area (Å²) in [6.07, 6.45) is 7.02. The van der Waals surface area contributed by atoms with Crippen LogP contribution in [0.5, 0.6) is 0 Å². The smallest absolute Gasteiger partial charge is 0.181 e. The van der Waals surface area contributed by atoms with Gasteiger partial charge in [0.15, 0.2) is 5.65 Å². The molecule has 0 unspecified atom stereocenters. The third kappa shape index (κ3) is 5.05. The molecule has 5 heterocycles. The highest BCUT2D eigenvalue weighted by molar-refractivity contribution is 5.94. The Labute approximate surface area is 255 Å². The van der Waals surface area contributed by atoms with E-state index < -0.39 is 6.10 Å². The van der Waals surface area contributed by atoms with Crippen molar-refractivity contribution in [3.63, 3.8) is 0 Å². The lowest BCUT2D eigenvalue weighted by molar-refractivity contribution is 0.152. The first-order chi connectivity index (χ1) is 21.4. The number of aromatic nitrogens is 8. The molecule has 9 nitrogen and oxygen atoms in total. The van der Waals surface area contributed by atoms with Crippen LogP contribution in [0.2, 0.25) is 0 Å². The van der Waals surface area contributed by atoms with Gasteiger partial charge in [0.2, 0.25) is 0 Å². The summed E-state index contributed by atoms with van der Waals surface area (Å²) in [4.78, 5) is 9.09. The molecule has 44 heavy (non-hydrogen) atoms. The van der Waals surface area contributed by atoms with E-state index in [1.54, 1.807) is 6.20 Å². The molecular weight excluding hydrogens is 548 g/mol. The second-order valence-corrected chi connectivity index (χ2v) is 11.6. The molecule has 7 aromatic rings. The summed E-state index contributed by atoms with van der Waals surface area (Å²) >= 11 is 0. The largest absolute Gasteiger partial charge is 0.386 e. The van der Waals surface area contributed by atoms with E-state index in [1.165, 1.54) is 5.56 Å². The van der Waals surface area contributed by atoms with E-state index in [1.807, 2.05) is 94.2 Å². The second-order valence-electron chi connectivity index (χ2n) is 11.6. The van der Waals surface area contributed by atoms with Gasteiger partial charge in [-0.25, -0.2) is 9.67 Å². The molecule has 9 heteroatoms. The number of aryl methyl sites for hydroxylation is 1. The fourth-order valence-corrected chi connectivity index (χ4v) is 6.05. The van der Waals surface area contributed by atoms with E-state index in [0.29, 0.717) is 18.7 Å². The van der Waals surface area contributed by atoms with E-state index in [4.69, 9.17) is 20.3 Å². The Hall–Kier alpha value is -5.15. The van der Waals surface area contributed by atoms with Crippen LogP contribution < -0.4 is 0 Å². The van der Waals surface area contributed by atoms with Gasteiger partial charge in [0.05, 0.1) is 41.8 Å². The van der Waals surface area contributed by atoms with Crippen molar-refractivity contribution < 1.29 is 5.11 Å². The predicted octanol–water partition coefficient (Wildman–Crippen LogP) is 6.55. The normalized spacial score (nSPS) is 12.5. The molecule has 1 N–H and O–H groups in total. The van der Waals surface area contributed by atoms with Gasteiger partial charge >= 0.3 is 0 Å². The van der Waals surface area contributed by atoms with Crippen molar-refractivity contribution in [2.24, 2.45) is 0 Å². The van der Waals surface area contributed by atoms with Gasteiger partial charge in [-0.2, -0.15) is 15.3 Å². The summed E-state index contributed by atoms with van der Waals surface area (Å²) in [5.74, 6) is 0.239. The molecule has 7 rings (SSSR count). The van der Waals surface area contributed by atoms with Crippen molar-refractivity contribution in [2.75, 3.05) is 0 Å². The van der Waals surface area contributed by atoms with Gasteiger partial charge in [-0.05, 0) is 49.1 Å². The molecule has 220 valence electrons. The Balaban J connectivity index is 1.28. The number of aliphatic hydroxyl groups excluding tert-OH is 1. The summed E-state index contributed by atoms with van der Waals surface area (Å²) in [6.45, 7) is 9.53. The summed E-state index contributed by atoms with van der Waals surface area (Å²) in [5.41, 5.74) is 9.51. The zero-order chi connectivity index (χ0) is 30.4. The lowest BCUT2D eigenvalue weighted by atomic mass is 9.95. The molecule has 0 fully saturated rings. The number of aliphatic hydroxyl groups is 1. The zero-order valence-electron chi connectivity index (χ0n) is 25.3. The van der Waals surface area contributed by atoms with Crippen LogP contribution in [0, 0.1) is 13.8 Å². The molecule has 0 aliphatic heterocycles. The SMILES string of the molecule is Cc1nc2nn(Cc3cccnc3)cc2cc1-n1nc(-c2cccc3nn(C[C@H](O)c4ccccc4)cc23)c(C(C)C)c1C. The third-order valence-electron chi connectivity index (χ3n) is 8.14. The summed E-state index contributed by atoms with van der Waals surface area (Å²) < 4.78 is 5.76. The Morgan fingerprint density at radius 1 is 0.864 bits per heavy atom. The minimum Gasteiger partial charge on any atom is -0.386 e. The van der Waals surface area contributed by atoms with E-state index in [0.717, 1.165) is 55.7 Å². The number of hydrogen-bond donors (Lipinski definition) is 1. The topological polar surface area (TPSA) is 99.5 Å². The van der Waals surface area contributed by atoms with Crippen molar-refractivity contribution in [2.45, 2.75) is 52.8 Å². The van der Waals surface area contributed by atoms with Gasteiger partial charge < -0.3 is 5.11 Å². The average molecular weight is 583 g/mol. The standard InChI is InChI=1S/C35H34N8O/c1-22(2)33-24(4)43(31-16-27-19-41(40-35(27)37-23(31)3)18-25-10-9-15-36-17-25)39-34(33)28-13-8-14-30-29(28)20-42(38-30)21-32(44)26-11-6-5-7-12-26/h5-17,19-20,22,32,44H,18,21H2,1-4H3/t32-/m0/s1. The molecule has 0 bridgehead atoms. The van der Waals surface area contributed by atoms with Crippen LogP contribution >= 0.6 is 0 Å². The molecular formula is C35H34N8O. The number of nitrogens with zero attached hydrogens (tertiary/aromatic N) is 8.